The lowest BCUT2D eigenvalue weighted by atomic mass is 10.0. The lowest BCUT2D eigenvalue weighted by molar-refractivity contribution is 0.107. The van der Waals surface area contributed by atoms with Crippen LogP contribution in [-0.4, -0.2) is 46.0 Å². The molecule has 2 fully saturated rings. The highest BCUT2D eigenvalue weighted by molar-refractivity contribution is 7.89. The molecule has 1 aliphatic heterocycles. The molecule has 0 amide bonds. The van der Waals surface area contributed by atoms with E-state index in [9.17, 15) is 8.42 Å². The first-order valence-electron chi connectivity index (χ1n) is 7.35. The van der Waals surface area contributed by atoms with E-state index in [1.54, 1.807) is 7.11 Å². The molecule has 0 aromatic heterocycles. The molecule has 2 aliphatic rings. The highest BCUT2D eigenvalue weighted by atomic mass is 32.2. The van der Waals surface area contributed by atoms with Crippen molar-refractivity contribution in [1.82, 2.24) is 10.0 Å². The van der Waals surface area contributed by atoms with Crippen molar-refractivity contribution in [2.24, 2.45) is 0 Å². The number of sulfonamides is 1. The zero-order valence-corrected chi connectivity index (χ0v) is 12.5. The van der Waals surface area contributed by atoms with Crippen LogP contribution in [0, 0.1) is 0 Å². The van der Waals surface area contributed by atoms with Crippen LogP contribution >= 0.6 is 0 Å². The van der Waals surface area contributed by atoms with E-state index in [4.69, 9.17) is 4.74 Å². The van der Waals surface area contributed by atoms with Crippen molar-refractivity contribution in [3.05, 3.63) is 0 Å². The van der Waals surface area contributed by atoms with E-state index >= 15 is 0 Å². The van der Waals surface area contributed by atoms with Gasteiger partial charge in [0.15, 0.2) is 0 Å². The summed E-state index contributed by atoms with van der Waals surface area (Å²) in [5, 5.41) is 3.39. The van der Waals surface area contributed by atoms with Crippen LogP contribution in [0.3, 0.4) is 0 Å². The van der Waals surface area contributed by atoms with Crippen molar-refractivity contribution in [3.8, 4) is 0 Å². The third kappa shape index (κ3) is 5.02. The molecule has 2 N–H and O–H groups in total. The molecule has 1 saturated carbocycles. The average molecular weight is 290 g/mol. The third-order valence-corrected chi connectivity index (χ3v) is 5.68. The van der Waals surface area contributed by atoms with Crippen LogP contribution in [0.2, 0.25) is 0 Å². The number of methoxy groups -OCH3 is 1. The van der Waals surface area contributed by atoms with Gasteiger partial charge in [0.2, 0.25) is 10.0 Å². The molecule has 1 heterocycles. The van der Waals surface area contributed by atoms with E-state index in [0.29, 0.717) is 6.04 Å². The van der Waals surface area contributed by atoms with Gasteiger partial charge in [0.05, 0.1) is 11.9 Å². The maximum atomic E-state index is 12.0. The third-order valence-electron chi connectivity index (χ3n) is 4.21. The molecule has 0 radical (unpaired) electrons. The summed E-state index contributed by atoms with van der Waals surface area (Å²) < 4.78 is 32.2. The highest BCUT2D eigenvalue weighted by Crippen LogP contribution is 2.22. The van der Waals surface area contributed by atoms with Crippen LogP contribution in [0.4, 0.5) is 0 Å². The summed E-state index contributed by atoms with van der Waals surface area (Å²) in [6, 6.07) is 0.440. The maximum absolute atomic E-state index is 12.0. The normalized spacial score (nSPS) is 32.6. The van der Waals surface area contributed by atoms with Gasteiger partial charge in [-0.3, -0.25) is 0 Å². The molecule has 3 atom stereocenters. The Labute approximate surface area is 116 Å². The van der Waals surface area contributed by atoms with E-state index in [-0.39, 0.29) is 17.9 Å². The number of rotatable bonds is 6. The van der Waals surface area contributed by atoms with Gasteiger partial charge in [0, 0.05) is 19.2 Å². The number of nitrogens with one attached hydrogen (secondary N) is 2. The SMILES string of the molecule is COC1CCC(NS(=O)(=O)CCC2CCCCN2)C1. The van der Waals surface area contributed by atoms with Crippen molar-refractivity contribution in [2.75, 3.05) is 19.4 Å². The van der Waals surface area contributed by atoms with Gasteiger partial charge < -0.3 is 10.1 Å². The first-order chi connectivity index (χ1) is 9.09. The lowest BCUT2D eigenvalue weighted by Gasteiger charge is -2.23. The second-order valence-electron chi connectivity index (χ2n) is 5.74. The fourth-order valence-electron chi connectivity index (χ4n) is 3.04. The fourth-order valence-corrected chi connectivity index (χ4v) is 4.48. The van der Waals surface area contributed by atoms with Crippen molar-refractivity contribution in [3.63, 3.8) is 0 Å². The maximum Gasteiger partial charge on any atom is 0.211 e. The van der Waals surface area contributed by atoms with Crippen LogP contribution in [0.25, 0.3) is 0 Å². The number of piperidine rings is 1. The van der Waals surface area contributed by atoms with Crippen LogP contribution < -0.4 is 10.0 Å². The largest absolute Gasteiger partial charge is 0.381 e. The Bertz CT molecular complexity index is 366. The molecule has 5 nitrogen and oxygen atoms in total. The molecular weight excluding hydrogens is 264 g/mol. The monoisotopic (exact) mass is 290 g/mol. The Morgan fingerprint density at radius 1 is 1.26 bits per heavy atom. The van der Waals surface area contributed by atoms with E-state index in [1.165, 1.54) is 12.8 Å². The topological polar surface area (TPSA) is 67.4 Å². The molecule has 1 saturated heterocycles. The standard InChI is InChI=1S/C13H26N2O3S/c1-18-13-6-5-12(10-13)15-19(16,17)9-7-11-4-2-3-8-14-11/h11-15H,2-10H2,1H3. The summed E-state index contributed by atoms with van der Waals surface area (Å²) in [6.45, 7) is 1.02. The molecular formula is C13H26N2O3S. The summed E-state index contributed by atoms with van der Waals surface area (Å²) in [7, 11) is -1.45. The van der Waals surface area contributed by atoms with Gasteiger partial charge in [-0.15, -0.1) is 0 Å². The van der Waals surface area contributed by atoms with E-state index < -0.39 is 10.0 Å². The zero-order valence-electron chi connectivity index (χ0n) is 11.7. The summed E-state index contributed by atoms with van der Waals surface area (Å²) in [4.78, 5) is 0. The molecule has 1 aliphatic carbocycles. The second-order valence-corrected chi connectivity index (χ2v) is 7.61. The molecule has 0 aromatic carbocycles. The minimum atomic E-state index is -3.14. The summed E-state index contributed by atoms with van der Waals surface area (Å²) in [5.41, 5.74) is 0. The smallest absolute Gasteiger partial charge is 0.211 e. The molecule has 3 unspecified atom stereocenters. The summed E-state index contributed by atoms with van der Waals surface area (Å²) in [5.74, 6) is 0.235. The zero-order chi connectivity index (χ0) is 13.7. The van der Waals surface area contributed by atoms with Gasteiger partial charge in [-0.25, -0.2) is 13.1 Å². The van der Waals surface area contributed by atoms with E-state index in [2.05, 4.69) is 10.0 Å². The van der Waals surface area contributed by atoms with Crippen molar-refractivity contribution >= 4 is 10.0 Å². The van der Waals surface area contributed by atoms with Crippen LogP contribution in [0.5, 0.6) is 0 Å². The van der Waals surface area contributed by atoms with Crippen LogP contribution in [0.15, 0.2) is 0 Å². The van der Waals surface area contributed by atoms with Gasteiger partial charge in [0.25, 0.3) is 0 Å². The Kier molecular flexibility index (Phi) is 5.62. The second kappa shape index (κ2) is 7.02. The van der Waals surface area contributed by atoms with Crippen molar-refractivity contribution in [1.29, 1.82) is 0 Å². The Hall–Kier alpha value is -0.170. The predicted octanol–water partition coefficient (Wildman–Crippen LogP) is 1.01. The first-order valence-corrected chi connectivity index (χ1v) is 9.00. The number of hydrogen-bond acceptors (Lipinski definition) is 4. The average Bonchev–Trinajstić information content (AvgIpc) is 2.85. The summed E-state index contributed by atoms with van der Waals surface area (Å²) >= 11 is 0. The lowest BCUT2D eigenvalue weighted by Crippen LogP contribution is -2.39. The number of hydrogen-bond donors (Lipinski definition) is 2. The molecule has 112 valence electrons. The van der Waals surface area contributed by atoms with Crippen LogP contribution in [-0.2, 0) is 14.8 Å². The minimum absolute atomic E-state index is 0.0641. The Morgan fingerprint density at radius 2 is 2.11 bits per heavy atom. The fraction of sp³-hybridized carbons (Fsp3) is 1.00. The first kappa shape index (κ1) is 15.2. The van der Waals surface area contributed by atoms with Gasteiger partial charge >= 0.3 is 0 Å². The van der Waals surface area contributed by atoms with Crippen LogP contribution in [0.1, 0.15) is 44.9 Å². The molecule has 6 heteroatoms. The molecule has 0 spiro atoms. The van der Waals surface area contributed by atoms with Gasteiger partial charge in [0.1, 0.15) is 0 Å². The molecule has 19 heavy (non-hydrogen) atoms. The molecule has 0 aromatic rings. The molecule has 0 bridgehead atoms. The van der Waals surface area contributed by atoms with Gasteiger partial charge in [-0.1, -0.05) is 6.42 Å². The van der Waals surface area contributed by atoms with Crippen molar-refractivity contribution < 1.29 is 13.2 Å². The quantitative estimate of drug-likeness (QED) is 0.766. The predicted molar refractivity (Wildman–Crippen MR) is 75.6 cm³/mol. The van der Waals surface area contributed by atoms with Gasteiger partial charge in [-0.2, -0.15) is 0 Å². The summed E-state index contributed by atoms with van der Waals surface area (Å²) in [6.07, 6.45) is 7.10. The van der Waals surface area contributed by atoms with E-state index in [1.807, 2.05) is 0 Å². The van der Waals surface area contributed by atoms with Gasteiger partial charge in [-0.05, 0) is 45.1 Å². The van der Waals surface area contributed by atoms with Crippen molar-refractivity contribution in [2.45, 2.75) is 63.1 Å². The van der Waals surface area contributed by atoms with E-state index in [0.717, 1.165) is 38.6 Å². The molecule has 2 rings (SSSR count). The minimum Gasteiger partial charge on any atom is -0.381 e. The Morgan fingerprint density at radius 3 is 2.74 bits per heavy atom. The Balaban J connectivity index is 1.72. The highest BCUT2D eigenvalue weighted by Gasteiger charge is 2.28. The number of ether oxygens (including phenoxy) is 1.